The Kier molecular flexibility index (Phi) is 5.53. The quantitative estimate of drug-likeness (QED) is 0.462. The molecule has 0 fully saturated rings. The monoisotopic (exact) mass is 402 g/mol. The van der Waals surface area contributed by atoms with Crippen molar-refractivity contribution in [3.63, 3.8) is 0 Å². The summed E-state index contributed by atoms with van der Waals surface area (Å²) in [6, 6.07) is 19.9. The maximum absolute atomic E-state index is 14.7. The van der Waals surface area contributed by atoms with E-state index in [4.69, 9.17) is 4.74 Å². The van der Waals surface area contributed by atoms with Gasteiger partial charge in [-0.2, -0.15) is 0 Å². The number of hydrogen-bond acceptors (Lipinski definition) is 2. The Balaban J connectivity index is 1.46. The predicted octanol–water partition coefficient (Wildman–Crippen LogP) is 5.26. The van der Waals surface area contributed by atoms with Crippen LogP contribution in [0.3, 0.4) is 0 Å². The molecule has 0 spiro atoms. The third-order valence-electron chi connectivity index (χ3n) is 5.32. The number of ether oxygens (including phenoxy) is 1. The predicted molar refractivity (Wildman–Crippen MR) is 117 cm³/mol. The van der Waals surface area contributed by atoms with Gasteiger partial charge >= 0.3 is 0 Å². The van der Waals surface area contributed by atoms with Gasteiger partial charge in [0, 0.05) is 39.8 Å². The number of methoxy groups -OCH3 is 1. The van der Waals surface area contributed by atoms with Crippen molar-refractivity contribution in [3.05, 3.63) is 89.4 Å². The summed E-state index contributed by atoms with van der Waals surface area (Å²) in [5, 5.41) is 4.06. The number of amides is 1. The molecule has 152 valence electrons. The first-order valence-electron chi connectivity index (χ1n) is 9.86. The minimum atomic E-state index is -0.459. The fraction of sp³-hybridized carbons (Fsp3) is 0.160. The van der Waals surface area contributed by atoms with E-state index in [1.54, 1.807) is 31.4 Å². The van der Waals surface area contributed by atoms with Crippen molar-refractivity contribution >= 4 is 16.8 Å². The molecule has 1 aromatic heterocycles. The summed E-state index contributed by atoms with van der Waals surface area (Å²) < 4.78 is 20.1. The fourth-order valence-electron chi connectivity index (χ4n) is 3.80. The molecule has 0 aliphatic rings. The first-order chi connectivity index (χ1) is 14.6. The zero-order chi connectivity index (χ0) is 21.1. The molecule has 1 amide bonds. The Labute approximate surface area is 174 Å². The van der Waals surface area contributed by atoms with Crippen LogP contribution >= 0.6 is 0 Å². The topological polar surface area (TPSA) is 54.1 Å². The van der Waals surface area contributed by atoms with Crippen molar-refractivity contribution in [1.29, 1.82) is 0 Å². The molecule has 0 atom stereocenters. The van der Waals surface area contributed by atoms with E-state index in [0.717, 1.165) is 16.6 Å². The SMILES string of the molecule is COc1ccccc1-c1ccc(C(=O)NCCc2c(C)[nH]c3ccccc23)cc1F. The van der Waals surface area contributed by atoms with Crippen LogP contribution < -0.4 is 10.1 Å². The van der Waals surface area contributed by atoms with Crippen LogP contribution in [0.1, 0.15) is 21.6 Å². The molecule has 0 unspecified atom stereocenters. The molecule has 5 heteroatoms. The molecule has 0 aliphatic heterocycles. The molecule has 0 aliphatic carbocycles. The lowest BCUT2D eigenvalue weighted by molar-refractivity contribution is 0.0953. The van der Waals surface area contributed by atoms with E-state index in [2.05, 4.69) is 16.4 Å². The van der Waals surface area contributed by atoms with Gasteiger partial charge in [-0.3, -0.25) is 4.79 Å². The molecule has 1 heterocycles. The van der Waals surface area contributed by atoms with Crippen molar-refractivity contribution < 1.29 is 13.9 Å². The van der Waals surface area contributed by atoms with Gasteiger partial charge in [0.2, 0.25) is 0 Å². The van der Waals surface area contributed by atoms with Crippen LogP contribution in [0.15, 0.2) is 66.7 Å². The van der Waals surface area contributed by atoms with Gasteiger partial charge in [0.15, 0.2) is 0 Å². The van der Waals surface area contributed by atoms with Gasteiger partial charge in [-0.1, -0.05) is 42.5 Å². The number of benzene rings is 3. The second-order valence-corrected chi connectivity index (χ2v) is 7.17. The number of fused-ring (bicyclic) bond motifs is 1. The number of aromatic nitrogens is 1. The third-order valence-corrected chi connectivity index (χ3v) is 5.32. The first-order valence-corrected chi connectivity index (χ1v) is 9.86. The van der Waals surface area contributed by atoms with E-state index >= 15 is 0 Å². The Morgan fingerprint density at radius 3 is 2.60 bits per heavy atom. The summed E-state index contributed by atoms with van der Waals surface area (Å²) in [4.78, 5) is 15.9. The van der Waals surface area contributed by atoms with Gasteiger partial charge < -0.3 is 15.0 Å². The van der Waals surface area contributed by atoms with Crippen LogP contribution in [0.5, 0.6) is 5.75 Å². The molecule has 3 aromatic carbocycles. The second kappa shape index (κ2) is 8.41. The van der Waals surface area contributed by atoms with Crippen molar-refractivity contribution in [2.24, 2.45) is 0 Å². The second-order valence-electron chi connectivity index (χ2n) is 7.17. The van der Waals surface area contributed by atoms with E-state index in [0.29, 0.717) is 35.4 Å². The fourth-order valence-corrected chi connectivity index (χ4v) is 3.80. The van der Waals surface area contributed by atoms with Gasteiger partial charge in [-0.05, 0) is 43.2 Å². The summed E-state index contributed by atoms with van der Waals surface area (Å²) in [6.45, 7) is 2.50. The largest absolute Gasteiger partial charge is 0.496 e. The average Bonchev–Trinajstić information content (AvgIpc) is 3.08. The van der Waals surface area contributed by atoms with Crippen LogP contribution in [-0.4, -0.2) is 24.5 Å². The zero-order valence-corrected chi connectivity index (χ0v) is 17.0. The Bertz CT molecular complexity index is 1210. The van der Waals surface area contributed by atoms with E-state index in [1.807, 2.05) is 37.3 Å². The maximum atomic E-state index is 14.7. The Morgan fingerprint density at radius 1 is 1.03 bits per heavy atom. The summed E-state index contributed by atoms with van der Waals surface area (Å²) in [5.41, 5.74) is 4.71. The Hall–Kier alpha value is -3.60. The highest BCUT2D eigenvalue weighted by molar-refractivity contribution is 5.95. The number of aromatic amines is 1. The number of rotatable bonds is 6. The van der Waals surface area contributed by atoms with Crippen LogP contribution in [0.4, 0.5) is 4.39 Å². The lowest BCUT2D eigenvalue weighted by atomic mass is 10.0. The summed E-state index contributed by atoms with van der Waals surface area (Å²) in [7, 11) is 1.55. The van der Waals surface area contributed by atoms with Gasteiger partial charge in [0.1, 0.15) is 11.6 Å². The molecule has 0 saturated heterocycles. The van der Waals surface area contributed by atoms with E-state index in [1.165, 1.54) is 11.6 Å². The van der Waals surface area contributed by atoms with Gasteiger partial charge in [-0.15, -0.1) is 0 Å². The number of nitrogens with one attached hydrogen (secondary N) is 2. The number of halogens is 1. The average molecular weight is 402 g/mol. The highest BCUT2D eigenvalue weighted by atomic mass is 19.1. The van der Waals surface area contributed by atoms with Crippen molar-refractivity contribution in [1.82, 2.24) is 10.3 Å². The molecule has 4 rings (SSSR count). The molecule has 30 heavy (non-hydrogen) atoms. The first kappa shape index (κ1) is 19.7. The summed E-state index contributed by atoms with van der Waals surface area (Å²) >= 11 is 0. The number of carbonyl (C=O) groups is 1. The highest BCUT2D eigenvalue weighted by Crippen LogP contribution is 2.31. The lowest BCUT2D eigenvalue weighted by Crippen LogP contribution is -2.25. The number of para-hydroxylation sites is 2. The smallest absolute Gasteiger partial charge is 0.251 e. The Morgan fingerprint density at radius 2 is 1.80 bits per heavy atom. The van der Waals surface area contributed by atoms with Gasteiger partial charge in [0.25, 0.3) is 5.91 Å². The van der Waals surface area contributed by atoms with Crippen LogP contribution in [0, 0.1) is 12.7 Å². The van der Waals surface area contributed by atoms with Crippen LogP contribution in [-0.2, 0) is 6.42 Å². The molecular formula is C25H23FN2O2. The van der Waals surface area contributed by atoms with Gasteiger partial charge in [-0.25, -0.2) is 4.39 Å². The number of H-pyrrole nitrogens is 1. The van der Waals surface area contributed by atoms with E-state index < -0.39 is 5.82 Å². The van der Waals surface area contributed by atoms with Crippen LogP contribution in [0.2, 0.25) is 0 Å². The molecule has 0 bridgehead atoms. The van der Waals surface area contributed by atoms with Gasteiger partial charge in [0.05, 0.1) is 7.11 Å². The molecular weight excluding hydrogens is 379 g/mol. The summed E-state index contributed by atoms with van der Waals surface area (Å²) in [6.07, 6.45) is 0.698. The zero-order valence-electron chi connectivity index (χ0n) is 17.0. The third kappa shape index (κ3) is 3.79. The minimum absolute atomic E-state index is 0.293. The van der Waals surface area contributed by atoms with Crippen molar-refractivity contribution in [2.45, 2.75) is 13.3 Å². The molecule has 0 radical (unpaired) electrons. The molecule has 0 saturated carbocycles. The van der Waals surface area contributed by atoms with Crippen LogP contribution in [0.25, 0.3) is 22.0 Å². The number of carbonyl (C=O) groups excluding carboxylic acids is 1. The summed E-state index contributed by atoms with van der Waals surface area (Å²) in [5.74, 6) is -0.166. The molecule has 4 aromatic rings. The molecule has 4 nitrogen and oxygen atoms in total. The molecule has 2 N–H and O–H groups in total. The standard InChI is InChI=1S/C25H23FN2O2/c1-16-18(20-7-3-5-9-23(20)28-16)13-14-27-25(29)17-11-12-19(22(26)15-17)21-8-4-6-10-24(21)30-2/h3-12,15,28H,13-14H2,1-2H3,(H,27,29). The van der Waals surface area contributed by atoms with Crippen molar-refractivity contribution in [3.8, 4) is 16.9 Å². The normalized spacial score (nSPS) is 10.9. The minimum Gasteiger partial charge on any atom is -0.496 e. The van der Waals surface area contributed by atoms with E-state index in [9.17, 15) is 9.18 Å². The maximum Gasteiger partial charge on any atom is 0.251 e. The highest BCUT2D eigenvalue weighted by Gasteiger charge is 2.14. The van der Waals surface area contributed by atoms with Crippen molar-refractivity contribution in [2.75, 3.05) is 13.7 Å². The lowest BCUT2D eigenvalue weighted by Gasteiger charge is -2.11. The number of aryl methyl sites for hydroxylation is 1. The van der Waals surface area contributed by atoms with E-state index in [-0.39, 0.29) is 5.91 Å². The number of hydrogen-bond donors (Lipinski definition) is 2.